The number of hydrogen-bond acceptors (Lipinski definition) is 4. The van der Waals surface area contributed by atoms with E-state index < -0.39 is 6.04 Å². The average molecular weight is 386 g/mol. The number of H-pyrrole nitrogens is 1. The molecular formula is C21H31N5O2. The van der Waals surface area contributed by atoms with Gasteiger partial charge in [-0.25, -0.2) is 4.79 Å². The van der Waals surface area contributed by atoms with Gasteiger partial charge in [-0.05, 0) is 62.9 Å². The summed E-state index contributed by atoms with van der Waals surface area (Å²) in [6, 6.07) is 5.85. The largest absolute Gasteiger partial charge is 0.341 e. The molecule has 3 N–H and O–H groups in total. The minimum atomic E-state index is -0.542. The Balaban J connectivity index is 1.35. The maximum Gasteiger partial charge on any atom is 0.326 e. The first-order chi connectivity index (χ1) is 13.5. The molecule has 1 amide bonds. The third-order valence-electron chi connectivity index (χ3n) is 6.43. The highest BCUT2D eigenvalue weighted by atomic mass is 16.2. The van der Waals surface area contributed by atoms with Gasteiger partial charge in [-0.15, -0.1) is 0 Å². The molecule has 7 nitrogen and oxygen atoms in total. The number of rotatable bonds is 4. The SMILES string of the molecule is Cn1c(=O)[nH]c2ccc(CC(N)C(=O)N3CCC(N4CCCCC4)CC3)cc21. The molecule has 2 aromatic rings. The van der Waals surface area contributed by atoms with E-state index in [0.717, 1.165) is 42.5 Å². The van der Waals surface area contributed by atoms with E-state index in [2.05, 4.69) is 9.88 Å². The van der Waals surface area contributed by atoms with Crippen LogP contribution in [0.25, 0.3) is 11.0 Å². The first-order valence-electron chi connectivity index (χ1n) is 10.5. The Morgan fingerprint density at radius 2 is 1.89 bits per heavy atom. The number of piperidine rings is 2. The monoisotopic (exact) mass is 385 g/mol. The van der Waals surface area contributed by atoms with Crippen LogP contribution in [0.2, 0.25) is 0 Å². The Hall–Kier alpha value is -2.12. The van der Waals surface area contributed by atoms with Crippen molar-refractivity contribution in [2.24, 2.45) is 12.8 Å². The van der Waals surface area contributed by atoms with Crippen molar-refractivity contribution in [3.8, 4) is 0 Å². The van der Waals surface area contributed by atoms with Crippen molar-refractivity contribution in [2.45, 2.75) is 50.6 Å². The zero-order chi connectivity index (χ0) is 19.7. The van der Waals surface area contributed by atoms with Gasteiger partial charge in [0.15, 0.2) is 0 Å². The summed E-state index contributed by atoms with van der Waals surface area (Å²) < 4.78 is 1.58. The van der Waals surface area contributed by atoms with Crippen LogP contribution in [-0.2, 0) is 18.3 Å². The molecule has 0 aliphatic carbocycles. The van der Waals surface area contributed by atoms with Crippen LogP contribution in [0, 0.1) is 0 Å². The number of carbonyl (C=O) groups excluding carboxylic acids is 1. The highest BCUT2D eigenvalue weighted by Gasteiger charge is 2.29. The summed E-state index contributed by atoms with van der Waals surface area (Å²) in [7, 11) is 1.74. The summed E-state index contributed by atoms with van der Waals surface area (Å²) in [5.41, 5.74) is 8.75. The van der Waals surface area contributed by atoms with Crippen LogP contribution in [0.1, 0.15) is 37.7 Å². The second-order valence-corrected chi connectivity index (χ2v) is 8.30. The number of nitrogens with one attached hydrogen (secondary N) is 1. The van der Waals surface area contributed by atoms with Crippen molar-refractivity contribution in [2.75, 3.05) is 26.2 Å². The van der Waals surface area contributed by atoms with Crippen LogP contribution in [0.4, 0.5) is 0 Å². The normalized spacial score (nSPS) is 20.6. The van der Waals surface area contributed by atoms with E-state index in [1.807, 2.05) is 23.1 Å². The van der Waals surface area contributed by atoms with Crippen LogP contribution in [0.15, 0.2) is 23.0 Å². The summed E-state index contributed by atoms with van der Waals surface area (Å²) in [4.78, 5) is 32.0. The van der Waals surface area contributed by atoms with E-state index in [0.29, 0.717) is 12.5 Å². The number of imidazole rings is 1. The summed E-state index contributed by atoms with van der Waals surface area (Å²) in [6.45, 7) is 4.03. The molecule has 1 aromatic carbocycles. The number of aryl methyl sites for hydroxylation is 1. The van der Waals surface area contributed by atoms with Crippen LogP contribution in [0.5, 0.6) is 0 Å². The molecule has 2 fully saturated rings. The van der Waals surface area contributed by atoms with E-state index in [1.54, 1.807) is 11.6 Å². The van der Waals surface area contributed by atoms with Crippen LogP contribution in [-0.4, -0.2) is 63.5 Å². The Labute approximate surface area is 165 Å². The molecule has 0 bridgehead atoms. The van der Waals surface area contributed by atoms with Crippen molar-refractivity contribution in [1.82, 2.24) is 19.4 Å². The molecule has 0 spiro atoms. The average Bonchev–Trinajstić information content (AvgIpc) is 3.02. The van der Waals surface area contributed by atoms with Gasteiger partial charge < -0.3 is 20.5 Å². The predicted octanol–water partition coefficient (Wildman–Crippen LogP) is 1.21. The number of aromatic nitrogens is 2. The number of carbonyl (C=O) groups is 1. The Kier molecular flexibility index (Phi) is 5.55. The topological polar surface area (TPSA) is 87.4 Å². The molecule has 1 aromatic heterocycles. The number of hydrogen-bond donors (Lipinski definition) is 2. The lowest BCUT2D eigenvalue weighted by molar-refractivity contribution is -0.134. The van der Waals surface area contributed by atoms with E-state index in [9.17, 15) is 9.59 Å². The first-order valence-corrected chi connectivity index (χ1v) is 10.5. The minimum absolute atomic E-state index is 0.0418. The Morgan fingerprint density at radius 1 is 1.18 bits per heavy atom. The maximum absolute atomic E-state index is 12.8. The molecule has 7 heteroatoms. The van der Waals surface area contributed by atoms with Gasteiger partial charge in [0.2, 0.25) is 5.91 Å². The van der Waals surface area contributed by atoms with E-state index in [4.69, 9.17) is 5.73 Å². The van der Waals surface area contributed by atoms with Gasteiger partial charge in [0, 0.05) is 26.2 Å². The molecular weight excluding hydrogens is 354 g/mol. The molecule has 28 heavy (non-hydrogen) atoms. The lowest BCUT2D eigenvalue weighted by Crippen LogP contribution is -2.52. The molecule has 1 atom stereocenters. The van der Waals surface area contributed by atoms with E-state index in [-0.39, 0.29) is 11.6 Å². The number of benzene rings is 1. The van der Waals surface area contributed by atoms with Crippen molar-refractivity contribution in [3.05, 3.63) is 34.2 Å². The van der Waals surface area contributed by atoms with E-state index in [1.165, 1.54) is 32.4 Å². The molecule has 2 saturated heterocycles. The molecule has 3 heterocycles. The zero-order valence-corrected chi connectivity index (χ0v) is 16.7. The van der Waals surface area contributed by atoms with Crippen LogP contribution in [0.3, 0.4) is 0 Å². The molecule has 1 unspecified atom stereocenters. The van der Waals surface area contributed by atoms with Crippen molar-refractivity contribution >= 4 is 16.9 Å². The quantitative estimate of drug-likeness (QED) is 0.828. The van der Waals surface area contributed by atoms with Gasteiger partial charge in [-0.1, -0.05) is 12.5 Å². The fourth-order valence-corrected chi connectivity index (χ4v) is 4.71. The van der Waals surface area contributed by atoms with Gasteiger partial charge in [0.25, 0.3) is 0 Å². The Bertz CT molecular complexity index is 888. The van der Waals surface area contributed by atoms with Crippen LogP contribution >= 0.6 is 0 Å². The number of likely N-dealkylation sites (tertiary alicyclic amines) is 2. The molecule has 4 rings (SSSR count). The minimum Gasteiger partial charge on any atom is -0.341 e. The second-order valence-electron chi connectivity index (χ2n) is 8.30. The maximum atomic E-state index is 12.8. The molecule has 2 aliphatic rings. The third-order valence-corrected chi connectivity index (χ3v) is 6.43. The fraction of sp³-hybridized carbons (Fsp3) is 0.619. The lowest BCUT2D eigenvalue weighted by Gasteiger charge is -2.40. The van der Waals surface area contributed by atoms with E-state index >= 15 is 0 Å². The van der Waals surface area contributed by atoms with Gasteiger partial charge in [0.05, 0.1) is 17.1 Å². The zero-order valence-electron chi connectivity index (χ0n) is 16.7. The van der Waals surface area contributed by atoms with Gasteiger partial charge in [0.1, 0.15) is 0 Å². The smallest absolute Gasteiger partial charge is 0.326 e. The fourth-order valence-electron chi connectivity index (χ4n) is 4.71. The molecule has 2 aliphatic heterocycles. The van der Waals surface area contributed by atoms with Crippen molar-refractivity contribution in [3.63, 3.8) is 0 Å². The number of nitrogens with two attached hydrogens (primary N) is 1. The number of nitrogens with zero attached hydrogens (tertiary/aromatic N) is 3. The van der Waals surface area contributed by atoms with Gasteiger partial charge >= 0.3 is 5.69 Å². The summed E-state index contributed by atoms with van der Waals surface area (Å²) >= 11 is 0. The summed E-state index contributed by atoms with van der Waals surface area (Å²) in [6.07, 6.45) is 6.56. The lowest BCUT2D eigenvalue weighted by atomic mass is 9.98. The van der Waals surface area contributed by atoms with Crippen molar-refractivity contribution < 1.29 is 4.79 Å². The highest BCUT2D eigenvalue weighted by molar-refractivity contribution is 5.82. The summed E-state index contributed by atoms with van der Waals surface area (Å²) in [5, 5.41) is 0. The standard InChI is InChI=1S/C21H31N5O2/c1-24-19-14-15(5-6-18(19)23-21(24)28)13-17(22)20(27)26-11-7-16(8-12-26)25-9-3-2-4-10-25/h5-6,14,16-17H,2-4,7-13,22H2,1H3,(H,23,28). The predicted molar refractivity (Wildman–Crippen MR) is 110 cm³/mol. The molecule has 0 radical (unpaired) electrons. The first kappa shape index (κ1) is 19.2. The van der Waals surface area contributed by atoms with Gasteiger partial charge in [-0.3, -0.25) is 9.36 Å². The number of aromatic amines is 1. The highest BCUT2D eigenvalue weighted by Crippen LogP contribution is 2.21. The molecule has 152 valence electrons. The number of amides is 1. The second kappa shape index (κ2) is 8.09. The molecule has 0 saturated carbocycles. The van der Waals surface area contributed by atoms with Crippen LogP contribution < -0.4 is 11.4 Å². The van der Waals surface area contributed by atoms with Gasteiger partial charge in [-0.2, -0.15) is 0 Å². The van der Waals surface area contributed by atoms with Crippen molar-refractivity contribution in [1.29, 1.82) is 0 Å². The summed E-state index contributed by atoms with van der Waals surface area (Å²) in [5.74, 6) is 0.0418. The Morgan fingerprint density at radius 3 is 2.61 bits per heavy atom. The number of fused-ring (bicyclic) bond motifs is 1. The third kappa shape index (κ3) is 3.86.